The number of amides is 2. The maximum absolute atomic E-state index is 15.4. The third kappa shape index (κ3) is 5.04. The second-order valence-corrected chi connectivity index (χ2v) is 13.1. The van der Waals surface area contributed by atoms with Crippen molar-refractivity contribution >= 4 is 24.0 Å². The standard InChI is InChI=1S/C32H33FN5O4.Li/c1-31(2,3)42-30(41)37-17-32(18-37)15-36(16-32)22-8-6-20(7-9-22)21-11-23-24(25(33)12-21)13-38(29(23)40)27(14-39)28-26-5-4-10-35(26)19-34-28;/h6-9,11-12,19,27H,4-5,10,13,15-18H2,1-3H3;/q-1;+1. The predicted molar refractivity (Wildman–Crippen MR) is 153 cm³/mol. The number of aryl methyl sites for hydroxylation is 1. The van der Waals surface area contributed by atoms with E-state index in [-0.39, 0.29) is 48.4 Å². The van der Waals surface area contributed by atoms with Crippen LogP contribution in [0.15, 0.2) is 42.7 Å². The second-order valence-electron chi connectivity index (χ2n) is 13.1. The number of halogens is 1. The number of aromatic nitrogens is 2. The van der Waals surface area contributed by atoms with Crippen LogP contribution in [0.1, 0.15) is 60.5 Å². The normalized spacial score (nSPS) is 18.9. The number of carbonyl (C=O) groups excluding carboxylic acids is 3. The number of carbonyl (C=O) groups is 2. The van der Waals surface area contributed by atoms with E-state index in [9.17, 15) is 14.4 Å². The van der Waals surface area contributed by atoms with Crippen LogP contribution in [0.4, 0.5) is 14.9 Å². The van der Waals surface area contributed by atoms with Crippen molar-refractivity contribution in [1.29, 1.82) is 0 Å². The van der Waals surface area contributed by atoms with Gasteiger partial charge in [0.1, 0.15) is 11.4 Å². The summed E-state index contributed by atoms with van der Waals surface area (Å²) in [6.07, 6.45) is 5.19. The molecule has 0 aliphatic carbocycles. The van der Waals surface area contributed by atoms with Crippen molar-refractivity contribution in [2.75, 3.05) is 31.1 Å². The molecule has 0 radical (unpaired) electrons. The molecule has 218 valence electrons. The molecule has 4 aliphatic heterocycles. The first-order chi connectivity index (χ1) is 20.0. The van der Waals surface area contributed by atoms with Gasteiger partial charge in [0.2, 0.25) is 0 Å². The molecule has 2 fully saturated rings. The van der Waals surface area contributed by atoms with Crippen molar-refractivity contribution in [2.24, 2.45) is 5.41 Å². The summed E-state index contributed by atoms with van der Waals surface area (Å²) in [6, 6.07) is 10.1. The summed E-state index contributed by atoms with van der Waals surface area (Å²) in [7, 11) is 0. The first kappa shape index (κ1) is 29.5. The number of nitrogens with zero attached hydrogens (tertiary/aromatic N) is 5. The Morgan fingerprint density at radius 2 is 1.81 bits per heavy atom. The molecule has 2 saturated heterocycles. The van der Waals surface area contributed by atoms with Crippen LogP contribution >= 0.6 is 0 Å². The van der Waals surface area contributed by atoms with Crippen LogP contribution in [0.5, 0.6) is 0 Å². The zero-order valence-corrected chi connectivity index (χ0v) is 25.0. The molecule has 2 aromatic carbocycles. The Bertz CT molecular complexity index is 1600. The van der Waals surface area contributed by atoms with Gasteiger partial charge in [-0.2, -0.15) is 0 Å². The van der Waals surface area contributed by atoms with Gasteiger partial charge in [0.05, 0.1) is 12.0 Å². The quantitative estimate of drug-likeness (QED) is 0.338. The fraction of sp³-hybridized carbons (Fsp3) is 0.438. The van der Waals surface area contributed by atoms with Gasteiger partial charge >= 0.3 is 25.0 Å². The minimum absolute atomic E-state index is 0. The number of anilines is 1. The molecule has 3 aromatic rings. The van der Waals surface area contributed by atoms with E-state index in [0.29, 0.717) is 29.9 Å². The number of fused-ring (bicyclic) bond motifs is 2. The molecule has 1 spiro atoms. The molecule has 43 heavy (non-hydrogen) atoms. The van der Waals surface area contributed by atoms with Crippen LogP contribution in [-0.4, -0.2) is 69.4 Å². The third-order valence-corrected chi connectivity index (χ3v) is 8.81. The first-order valence-corrected chi connectivity index (χ1v) is 14.4. The molecule has 1 unspecified atom stereocenters. The summed E-state index contributed by atoms with van der Waals surface area (Å²) >= 11 is 0. The molecule has 5 heterocycles. The summed E-state index contributed by atoms with van der Waals surface area (Å²) < 4.78 is 22.8. The molecule has 9 nitrogen and oxygen atoms in total. The van der Waals surface area contributed by atoms with E-state index in [2.05, 4.69) is 9.88 Å². The minimum atomic E-state index is -0.965. The van der Waals surface area contributed by atoms with E-state index in [1.165, 1.54) is 11.0 Å². The first-order valence-electron chi connectivity index (χ1n) is 14.4. The van der Waals surface area contributed by atoms with E-state index in [4.69, 9.17) is 4.74 Å². The zero-order valence-electron chi connectivity index (χ0n) is 25.0. The number of imidazole rings is 1. The number of benzene rings is 2. The summed E-state index contributed by atoms with van der Waals surface area (Å²) in [5, 5.41) is 0. The van der Waals surface area contributed by atoms with Gasteiger partial charge in [-0.25, -0.2) is 20.5 Å². The maximum atomic E-state index is 15.4. The van der Waals surface area contributed by atoms with Crippen LogP contribution in [0.25, 0.3) is 11.1 Å². The van der Waals surface area contributed by atoms with Crippen molar-refractivity contribution < 1.29 is 42.4 Å². The molecule has 7 rings (SSSR count). The van der Waals surface area contributed by atoms with Gasteiger partial charge < -0.3 is 28.8 Å². The summed E-state index contributed by atoms with van der Waals surface area (Å²) in [5.41, 5.74) is 4.11. The smallest absolute Gasteiger partial charge is 0.539 e. The van der Waals surface area contributed by atoms with Gasteiger partial charge in [-0.15, -0.1) is 0 Å². The SMILES string of the molecule is CC(C)(C)OC(=O)N1CC2(C1)CN(c1ccc(-c3cc(F)c4c(c3)C(=O)N(C([C-]=O)c3ncn5c3CCC5)C4)cc1)C2.[Li+]. The number of rotatable bonds is 5. The van der Waals surface area contributed by atoms with Crippen molar-refractivity contribution in [3.05, 3.63) is 71.1 Å². The van der Waals surface area contributed by atoms with Crippen molar-refractivity contribution in [3.63, 3.8) is 0 Å². The number of ether oxygens (including phenoxy) is 1. The predicted octanol–water partition coefficient (Wildman–Crippen LogP) is 1.50. The second kappa shape index (κ2) is 10.5. The average Bonchev–Trinajstić information content (AvgIpc) is 3.59. The number of hydrogen-bond acceptors (Lipinski definition) is 6. The topological polar surface area (TPSA) is 88.0 Å². The van der Waals surface area contributed by atoms with Gasteiger partial charge in [-0.3, -0.25) is 4.79 Å². The van der Waals surface area contributed by atoms with Gasteiger partial charge in [-0.1, -0.05) is 12.1 Å². The molecule has 0 bridgehead atoms. The van der Waals surface area contributed by atoms with Gasteiger partial charge in [0, 0.05) is 67.2 Å². The monoisotopic (exact) mass is 577 g/mol. The molecule has 1 atom stereocenters. The summed E-state index contributed by atoms with van der Waals surface area (Å²) in [6.45, 7) is 9.56. The number of hydrogen-bond donors (Lipinski definition) is 0. The summed E-state index contributed by atoms with van der Waals surface area (Å²) in [5.74, 6) is -0.853. The van der Waals surface area contributed by atoms with E-state index >= 15 is 4.39 Å². The maximum Gasteiger partial charge on any atom is 1.00 e. The van der Waals surface area contributed by atoms with E-state index < -0.39 is 17.5 Å². The van der Waals surface area contributed by atoms with Crippen molar-refractivity contribution in [3.8, 4) is 11.1 Å². The van der Waals surface area contributed by atoms with Gasteiger partial charge in [0.25, 0.3) is 5.91 Å². The molecule has 1 aromatic heterocycles. The Labute approximate surface area is 262 Å². The average molecular weight is 578 g/mol. The van der Waals surface area contributed by atoms with Crippen LogP contribution in [0.2, 0.25) is 0 Å². The molecular formula is C32H33FLiN5O4. The van der Waals surface area contributed by atoms with Crippen molar-refractivity contribution in [2.45, 2.75) is 58.3 Å². The minimum Gasteiger partial charge on any atom is -0.539 e. The molecule has 2 amide bonds. The molecular weight excluding hydrogens is 544 g/mol. The zero-order chi connectivity index (χ0) is 29.4. The molecule has 0 saturated carbocycles. The molecule has 4 aliphatic rings. The molecule has 0 N–H and O–H groups in total. The Balaban J connectivity index is 0.00000329. The van der Waals surface area contributed by atoms with E-state index in [1.807, 2.05) is 55.9 Å². The van der Waals surface area contributed by atoms with Crippen LogP contribution < -0.4 is 23.8 Å². The summed E-state index contributed by atoms with van der Waals surface area (Å²) in [4.78, 5) is 47.6. The Morgan fingerprint density at radius 3 is 2.49 bits per heavy atom. The van der Waals surface area contributed by atoms with E-state index in [1.54, 1.807) is 17.3 Å². The Kier molecular flexibility index (Phi) is 7.21. The third-order valence-electron chi connectivity index (χ3n) is 8.81. The van der Waals surface area contributed by atoms with Crippen LogP contribution in [0.3, 0.4) is 0 Å². The van der Waals surface area contributed by atoms with Gasteiger partial charge in [0.15, 0.2) is 0 Å². The Morgan fingerprint density at radius 1 is 1.09 bits per heavy atom. The van der Waals surface area contributed by atoms with Crippen molar-refractivity contribution in [1.82, 2.24) is 19.4 Å². The fourth-order valence-electron chi connectivity index (χ4n) is 6.79. The Hall–Kier alpha value is -3.61. The number of likely N-dealkylation sites (tertiary alicyclic amines) is 1. The fourth-order valence-corrected chi connectivity index (χ4v) is 6.79. The van der Waals surface area contributed by atoms with Crippen LogP contribution in [0, 0.1) is 11.2 Å². The largest absolute Gasteiger partial charge is 1.00 e. The van der Waals surface area contributed by atoms with Gasteiger partial charge in [-0.05, 0) is 75.0 Å². The van der Waals surface area contributed by atoms with E-state index in [0.717, 1.165) is 49.4 Å². The molecule has 11 heteroatoms. The van der Waals surface area contributed by atoms with Crippen LogP contribution in [-0.2, 0) is 29.0 Å².